The van der Waals surface area contributed by atoms with Gasteiger partial charge < -0.3 is 20.7 Å². The molecule has 152 valence electrons. The van der Waals surface area contributed by atoms with E-state index in [-0.39, 0.29) is 36.8 Å². The summed E-state index contributed by atoms with van der Waals surface area (Å²) in [7, 11) is 1.65. The van der Waals surface area contributed by atoms with Crippen molar-refractivity contribution >= 4 is 42.1 Å². The van der Waals surface area contributed by atoms with Crippen molar-refractivity contribution in [1.82, 2.24) is 10.6 Å². The van der Waals surface area contributed by atoms with Gasteiger partial charge in [-0.15, -0.1) is 24.8 Å². The lowest BCUT2D eigenvalue weighted by Crippen LogP contribution is -2.48. The summed E-state index contributed by atoms with van der Waals surface area (Å²) < 4.78 is 5.27. The lowest BCUT2D eigenvalue weighted by molar-refractivity contribution is 0.0925. The maximum atomic E-state index is 12.9. The van der Waals surface area contributed by atoms with Gasteiger partial charge >= 0.3 is 0 Å². The summed E-state index contributed by atoms with van der Waals surface area (Å²) in [6.07, 6.45) is 4.50. The third-order valence-corrected chi connectivity index (χ3v) is 5.33. The predicted octanol–water partition coefficient (Wildman–Crippen LogP) is 4.30. The first-order chi connectivity index (χ1) is 12.7. The molecule has 2 heterocycles. The van der Waals surface area contributed by atoms with Crippen LogP contribution in [0.25, 0.3) is 0 Å². The minimum Gasteiger partial charge on any atom is -0.497 e. The third kappa shape index (κ3) is 5.10. The maximum Gasteiger partial charge on any atom is 0.253 e. The summed E-state index contributed by atoms with van der Waals surface area (Å²) in [5.41, 5.74) is 2.36. The number of rotatable bonds is 5. The fourth-order valence-corrected chi connectivity index (χ4v) is 4.08. The minimum absolute atomic E-state index is 0. The molecule has 2 bridgehead atoms. The SMILES string of the molecule is COc1cccc(Nc2ccccc2C(=O)NC2CC3CCC(C2)N3)c1.Cl.Cl. The number of carbonyl (C=O) groups excluding carboxylic acids is 1. The van der Waals surface area contributed by atoms with Gasteiger partial charge in [0, 0.05) is 29.9 Å². The zero-order valence-electron chi connectivity index (χ0n) is 15.8. The molecule has 0 aliphatic carbocycles. The fourth-order valence-electron chi connectivity index (χ4n) is 4.08. The molecule has 3 N–H and O–H groups in total. The Labute approximate surface area is 178 Å². The molecule has 2 aromatic rings. The third-order valence-electron chi connectivity index (χ3n) is 5.33. The van der Waals surface area contributed by atoms with Crippen LogP contribution < -0.4 is 20.7 Å². The molecule has 2 saturated heterocycles. The van der Waals surface area contributed by atoms with Gasteiger partial charge in [0.1, 0.15) is 5.75 Å². The standard InChI is InChI=1S/C21H25N3O2.2ClH/c1-26-18-6-4-5-14(13-18)23-20-8-3-2-7-19(20)21(25)24-17-11-15-9-10-16(12-17)22-15;;/h2-8,13,15-17,22-23H,9-12H2,1H3,(H,24,25);2*1H. The smallest absolute Gasteiger partial charge is 0.253 e. The number of hydrogen-bond donors (Lipinski definition) is 3. The monoisotopic (exact) mass is 423 g/mol. The molecular formula is C21H27Cl2N3O2. The molecule has 2 aliphatic heterocycles. The second-order valence-electron chi connectivity index (χ2n) is 7.18. The summed E-state index contributed by atoms with van der Waals surface area (Å²) in [4.78, 5) is 12.9. The van der Waals surface area contributed by atoms with Gasteiger partial charge in [-0.05, 0) is 49.9 Å². The van der Waals surface area contributed by atoms with Gasteiger partial charge in [0.2, 0.25) is 0 Å². The van der Waals surface area contributed by atoms with E-state index in [2.05, 4.69) is 16.0 Å². The number of anilines is 2. The molecule has 2 unspecified atom stereocenters. The number of nitrogens with one attached hydrogen (secondary N) is 3. The van der Waals surface area contributed by atoms with Crippen LogP contribution in [-0.2, 0) is 0 Å². The van der Waals surface area contributed by atoms with Gasteiger partial charge in [-0.25, -0.2) is 0 Å². The van der Waals surface area contributed by atoms with Gasteiger partial charge in [0.05, 0.1) is 18.4 Å². The highest BCUT2D eigenvalue weighted by Gasteiger charge is 2.34. The molecule has 7 heteroatoms. The van der Waals surface area contributed by atoms with Crippen molar-refractivity contribution in [3.05, 3.63) is 54.1 Å². The minimum atomic E-state index is -0.0118. The average Bonchev–Trinajstić information content (AvgIpc) is 3.00. The Balaban J connectivity index is 0.00000140. The van der Waals surface area contributed by atoms with E-state index in [1.807, 2.05) is 48.5 Å². The molecule has 0 saturated carbocycles. The summed E-state index contributed by atoms with van der Waals surface area (Å²) in [6.45, 7) is 0. The van der Waals surface area contributed by atoms with Crippen molar-refractivity contribution in [3.63, 3.8) is 0 Å². The molecular weight excluding hydrogens is 397 g/mol. The van der Waals surface area contributed by atoms with Gasteiger partial charge in [-0.2, -0.15) is 0 Å². The lowest BCUT2D eigenvalue weighted by atomic mass is 9.99. The Morgan fingerprint density at radius 1 is 1.04 bits per heavy atom. The van der Waals surface area contributed by atoms with E-state index in [1.54, 1.807) is 7.11 Å². The number of amides is 1. The van der Waals surface area contributed by atoms with Crippen LogP contribution in [0.2, 0.25) is 0 Å². The highest BCUT2D eigenvalue weighted by atomic mass is 35.5. The highest BCUT2D eigenvalue weighted by Crippen LogP contribution is 2.28. The predicted molar refractivity (Wildman–Crippen MR) is 118 cm³/mol. The number of ether oxygens (including phenoxy) is 1. The Kier molecular flexibility index (Phi) is 7.98. The molecule has 0 radical (unpaired) electrons. The molecule has 4 rings (SSSR count). The van der Waals surface area contributed by atoms with E-state index in [4.69, 9.17) is 4.74 Å². The van der Waals surface area contributed by atoms with Crippen LogP contribution in [0.5, 0.6) is 5.75 Å². The van der Waals surface area contributed by atoms with E-state index in [0.717, 1.165) is 30.0 Å². The Bertz CT molecular complexity index is 791. The number of fused-ring (bicyclic) bond motifs is 2. The lowest BCUT2D eigenvalue weighted by Gasteiger charge is -2.30. The Morgan fingerprint density at radius 3 is 2.46 bits per heavy atom. The molecule has 2 aromatic carbocycles. The maximum absolute atomic E-state index is 12.9. The molecule has 2 aliphatic rings. The second-order valence-corrected chi connectivity index (χ2v) is 7.18. The second kappa shape index (κ2) is 10.0. The highest BCUT2D eigenvalue weighted by molar-refractivity contribution is 6.00. The van der Waals surface area contributed by atoms with Crippen molar-refractivity contribution < 1.29 is 9.53 Å². The number of hydrogen-bond acceptors (Lipinski definition) is 4. The van der Waals surface area contributed by atoms with Crippen molar-refractivity contribution in [1.29, 1.82) is 0 Å². The van der Waals surface area contributed by atoms with E-state index in [1.165, 1.54) is 12.8 Å². The van der Waals surface area contributed by atoms with Crippen LogP contribution in [0.4, 0.5) is 11.4 Å². The summed E-state index contributed by atoms with van der Waals surface area (Å²) in [6, 6.07) is 16.7. The van der Waals surface area contributed by atoms with Crippen LogP contribution in [0, 0.1) is 0 Å². The normalized spacial score (nSPS) is 22.4. The molecule has 5 nitrogen and oxygen atoms in total. The van der Waals surface area contributed by atoms with Gasteiger partial charge in [0.15, 0.2) is 0 Å². The molecule has 2 fully saturated rings. The van der Waals surface area contributed by atoms with Crippen molar-refractivity contribution in [2.45, 2.75) is 43.8 Å². The number of benzene rings is 2. The van der Waals surface area contributed by atoms with Crippen molar-refractivity contribution in [2.75, 3.05) is 12.4 Å². The molecule has 0 aromatic heterocycles. The van der Waals surface area contributed by atoms with E-state index < -0.39 is 0 Å². The number of para-hydroxylation sites is 1. The van der Waals surface area contributed by atoms with Crippen LogP contribution in [0.3, 0.4) is 0 Å². The van der Waals surface area contributed by atoms with Crippen LogP contribution >= 0.6 is 24.8 Å². The van der Waals surface area contributed by atoms with E-state index >= 15 is 0 Å². The Morgan fingerprint density at radius 2 is 1.75 bits per heavy atom. The number of carbonyl (C=O) groups is 1. The van der Waals surface area contributed by atoms with Crippen molar-refractivity contribution in [2.24, 2.45) is 0 Å². The Hall–Kier alpha value is -1.95. The zero-order valence-corrected chi connectivity index (χ0v) is 17.4. The number of piperidine rings is 1. The number of methoxy groups -OCH3 is 1. The number of halogens is 2. The molecule has 2 atom stereocenters. The first-order valence-electron chi connectivity index (χ1n) is 9.28. The van der Waals surface area contributed by atoms with E-state index in [9.17, 15) is 4.79 Å². The summed E-state index contributed by atoms with van der Waals surface area (Å²) >= 11 is 0. The van der Waals surface area contributed by atoms with Gasteiger partial charge in [-0.1, -0.05) is 18.2 Å². The summed E-state index contributed by atoms with van der Waals surface area (Å²) in [5, 5.41) is 10.2. The largest absolute Gasteiger partial charge is 0.497 e. The van der Waals surface area contributed by atoms with Gasteiger partial charge in [-0.3, -0.25) is 4.79 Å². The first kappa shape index (κ1) is 22.3. The van der Waals surface area contributed by atoms with Crippen molar-refractivity contribution in [3.8, 4) is 5.75 Å². The average molecular weight is 424 g/mol. The van der Waals surface area contributed by atoms with Gasteiger partial charge in [0.25, 0.3) is 5.91 Å². The quantitative estimate of drug-likeness (QED) is 0.670. The molecule has 28 heavy (non-hydrogen) atoms. The topological polar surface area (TPSA) is 62.4 Å². The fraction of sp³-hybridized carbons (Fsp3) is 0.381. The molecule has 1 amide bonds. The van der Waals surface area contributed by atoms with Crippen LogP contribution in [0.15, 0.2) is 48.5 Å². The first-order valence-corrected chi connectivity index (χ1v) is 9.28. The summed E-state index contributed by atoms with van der Waals surface area (Å²) in [5.74, 6) is 0.768. The zero-order chi connectivity index (χ0) is 17.9. The van der Waals surface area contributed by atoms with Crippen LogP contribution in [0.1, 0.15) is 36.0 Å². The van der Waals surface area contributed by atoms with E-state index in [0.29, 0.717) is 17.6 Å². The molecule has 0 spiro atoms. The van der Waals surface area contributed by atoms with Crippen LogP contribution in [-0.4, -0.2) is 31.1 Å².